The standard InChI is InChI=1S/C16H30N2O3S/c1-4-16(5-2,22(3,20)21)12-17-15(19)18-10-13-8-6-7-9-14(13)11-18/h13-14H,4-12H2,1-3H3,(H,17,19)/t13-,14-/m0/s1. The van der Waals surface area contributed by atoms with Gasteiger partial charge in [0.05, 0.1) is 4.75 Å². The van der Waals surface area contributed by atoms with Crippen molar-refractivity contribution < 1.29 is 13.2 Å². The molecule has 1 heterocycles. The molecule has 6 heteroatoms. The maximum Gasteiger partial charge on any atom is 0.317 e. The monoisotopic (exact) mass is 330 g/mol. The molecular formula is C16H30N2O3S. The summed E-state index contributed by atoms with van der Waals surface area (Å²) in [7, 11) is -3.20. The van der Waals surface area contributed by atoms with Crippen LogP contribution in [0, 0.1) is 11.8 Å². The molecule has 5 nitrogen and oxygen atoms in total. The van der Waals surface area contributed by atoms with Crippen molar-refractivity contribution in [2.24, 2.45) is 11.8 Å². The van der Waals surface area contributed by atoms with E-state index in [-0.39, 0.29) is 12.6 Å². The summed E-state index contributed by atoms with van der Waals surface area (Å²) in [5, 5.41) is 2.89. The molecule has 1 aliphatic heterocycles. The van der Waals surface area contributed by atoms with Crippen LogP contribution >= 0.6 is 0 Å². The fourth-order valence-corrected chi connectivity index (χ4v) is 5.46. The average Bonchev–Trinajstić information content (AvgIpc) is 2.91. The van der Waals surface area contributed by atoms with E-state index in [0.29, 0.717) is 24.7 Å². The number of carbonyl (C=O) groups is 1. The summed E-state index contributed by atoms with van der Waals surface area (Å²) in [5.74, 6) is 1.30. The van der Waals surface area contributed by atoms with Crippen LogP contribution in [0.3, 0.4) is 0 Å². The third kappa shape index (κ3) is 3.42. The molecule has 128 valence electrons. The predicted molar refractivity (Wildman–Crippen MR) is 88.6 cm³/mol. The van der Waals surface area contributed by atoms with Gasteiger partial charge < -0.3 is 10.2 Å². The minimum absolute atomic E-state index is 0.0932. The lowest BCUT2D eigenvalue weighted by Gasteiger charge is -2.30. The van der Waals surface area contributed by atoms with Gasteiger partial charge in [0.1, 0.15) is 0 Å². The SMILES string of the molecule is CCC(CC)(CNC(=O)N1C[C@@H]2CCCC[C@H]2C1)S(C)(=O)=O. The van der Waals surface area contributed by atoms with Crippen LogP contribution in [0.4, 0.5) is 4.79 Å². The number of hydrogen-bond donors (Lipinski definition) is 1. The number of carbonyl (C=O) groups excluding carboxylic acids is 1. The van der Waals surface area contributed by atoms with Crippen LogP contribution < -0.4 is 5.32 Å². The molecule has 0 unspecified atom stereocenters. The van der Waals surface area contributed by atoms with E-state index in [0.717, 1.165) is 13.1 Å². The smallest absolute Gasteiger partial charge is 0.317 e. The molecule has 1 N–H and O–H groups in total. The Bertz CT molecular complexity index is 486. The van der Waals surface area contributed by atoms with Gasteiger partial charge in [-0.05, 0) is 37.5 Å². The van der Waals surface area contributed by atoms with Gasteiger partial charge >= 0.3 is 6.03 Å². The van der Waals surface area contributed by atoms with Gasteiger partial charge in [-0.25, -0.2) is 13.2 Å². The van der Waals surface area contributed by atoms with E-state index in [1.54, 1.807) is 0 Å². The molecule has 0 radical (unpaired) electrons. The number of nitrogens with zero attached hydrogens (tertiary/aromatic N) is 1. The highest BCUT2D eigenvalue weighted by Gasteiger charge is 2.40. The first-order valence-electron chi connectivity index (χ1n) is 8.55. The van der Waals surface area contributed by atoms with Crippen molar-refractivity contribution in [1.29, 1.82) is 0 Å². The zero-order valence-electron chi connectivity index (χ0n) is 14.1. The molecule has 0 aromatic heterocycles. The molecule has 2 aliphatic rings. The van der Waals surface area contributed by atoms with Crippen molar-refractivity contribution in [3.63, 3.8) is 0 Å². The molecule has 1 saturated heterocycles. The minimum atomic E-state index is -3.20. The van der Waals surface area contributed by atoms with Gasteiger partial charge in [0, 0.05) is 25.9 Å². The number of urea groups is 1. The molecule has 1 saturated carbocycles. The second-order valence-corrected chi connectivity index (χ2v) is 9.44. The number of amides is 2. The fraction of sp³-hybridized carbons (Fsp3) is 0.938. The lowest BCUT2D eigenvalue weighted by Crippen LogP contribution is -2.50. The van der Waals surface area contributed by atoms with E-state index in [1.807, 2.05) is 18.7 Å². The van der Waals surface area contributed by atoms with Crippen molar-refractivity contribution in [2.75, 3.05) is 25.9 Å². The summed E-state index contributed by atoms with van der Waals surface area (Å²) < 4.78 is 23.3. The Morgan fingerprint density at radius 1 is 1.14 bits per heavy atom. The van der Waals surface area contributed by atoms with Crippen molar-refractivity contribution in [3.05, 3.63) is 0 Å². The van der Waals surface area contributed by atoms with Crippen LogP contribution in [0.5, 0.6) is 0 Å². The maximum atomic E-state index is 12.4. The fourth-order valence-electron chi connectivity index (χ4n) is 4.08. The molecular weight excluding hydrogens is 300 g/mol. The summed E-state index contributed by atoms with van der Waals surface area (Å²) in [6, 6.07) is -0.0932. The quantitative estimate of drug-likeness (QED) is 0.842. The predicted octanol–water partition coefficient (Wildman–Crippen LogP) is 2.42. The molecule has 22 heavy (non-hydrogen) atoms. The lowest BCUT2D eigenvalue weighted by molar-refractivity contribution is 0.204. The second kappa shape index (κ2) is 6.77. The van der Waals surface area contributed by atoms with Gasteiger partial charge in [0.15, 0.2) is 9.84 Å². The van der Waals surface area contributed by atoms with E-state index in [9.17, 15) is 13.2 Å². The Morgan fingerprint density at radius 2 is 1.64 bits per heavy atom. The van der Waals surface area contributed by atoms with E-state index in [2.05, 4.69) is 5.32 Å². The largest absolute Gasteiger partial charge is 0.336 e. The Morgan fingerprint density at radius 3 is 2.05 bits per heavy atom. The summed E-state index contributed by atoms with van der Waals surface area (Å²) >= 11 is 0. The summed E-state index contributed by atoms with van der Waals surface area (Å²) in [4.78, 5) is 14.3. The molecule has 0 aromatic carbocycles. The molecule has 2 rings (SSSR count). The summed E-state index contributed by atoms with van der Waals surface area (Å²) in [5.41, 5.74) is 0. The van der Waals surface area contributed by atoms with Crippen molar-refractivity contribution in [3.8, 4) is 0 Å². The Labute approximate surface area is 134 Å². The zero-order valence-corrected chi connectivity index (χ0v) is 14.9. The highest BCUT2D eigenvalue weighted by Crippen LogP contribution is 2.36. The normalized spacial score (nSPS) is 25.9. The van der Waals surface area contributed by atoms with Crippen LogP contribution in [0.25, 0.3) is 0 Å². The Balaban J connectivity index is 1.95. The van der Waals surface area contributed by atoms with E-state index in [1.165, 1.54) is 31.9 Å². The summed E-state index contributed by atoms with van der Waals surface area (Å²) in [6.45, 7) is 5.63. The maximum absolute atomic E-state index is 12.4. The van der Waals surface area contributed by atoms with Crippen LogP contribution in [0.15, 0.2) is 0 Å². The van der Waals surface area contributed by atoms with Crippen molar-refractivity contribution in [2.45, 2.75) is 57.1 Å². The van der Waals surface area contributed by atoms with Crippen molar-refractivity contribution >= 4 is 15.9 Å². The summed E-state index contributed by atoms with van der Waals surface area (Å²) in [6.07, 6.45) is 7.33. The first-order valence-corrected chi connectivity index (χ1v) is 10.4. The molecule has 0 aromatic rings. The third-order valence-electron chi connectivity index (χ3n) is 5.90. The first kappa shape index (κ1) is 17.6. The van der Waals surface area contributed by atoms with Gasteiger partial charge in [-0.15, -0.1) is 0 Å². The highest BCUT2D eigenvalue weighted by atomic mass is 32.2. The van der Waals surface area contributed by atoms with Gasteiger partial charge in [0.2, 0.25) is 0 Å². The van der Waals surface area contributed by atoms with Gasteiger partial charge in [-0.2, -0.15) is 0 Å². The number of likely N-dealkylation sites (tertiary alicyclic amines) is 1. The number of hydrogen-bond acceptors (Lipinski definition) is 3. The van der Waals surface area contributed by atoms with E-state index >= 15 is 0 Å². The molecule has 2 fully saturated rings. The van der Waals surface area contributed by atoms with Crippen LogP contribution in [0.1, 0.15) is 52.4 Å². The van der Waals surface area contributed by atoms with Crippen LogP contribution in [0.2, 0.25) is 0 Å². The molecule has 2 amide bonds. The Kier molecular flexibility index (Phi) is 5.41. The number of rotatable bonds is 5. The van der Waals surface area contributed by atoms with E-state index in [4.69, 9.17) is 0 Å². The third-order valence-corrected chi connectivity index (χ3v) is 8.20. The van der Waals surface area contributed by atoms with Crippen LogP contribution in [-0.4, -0.2) is 50.0 Å². The van der Waals surface area contributed by atoms with Gasteiger partial charge in [-0.3, -0.25) is 0 Å². The first-order chi connectivity index (χ1) is 10.3. The molecule has 2 atom stereocenters. The minimum Gasteiger partial charge on any atom is -0.336 e. The van der Waals surface area contributed by atoms with Gasteiger partial charge in [0.25, 0.3) is 0 Å². The average molecular weight is 330 g/mol. The second-order valence-electron chi connectivity index (χ2n) is 7.03. The van der Waals surface area contributed by atoms with Crippen molar-refractivity contribution in [1.82, 2.24) is 10.2 Å². The highest BCUT2D eigenvalue weighted by molar-refractivity contribution is 7.92. The number of sulfone groups is 1. The van der Waals surface area contributed by atoms with Crippen LogP contribution in [-0.2, 0) is 9.84 Å². The zero-order chi connectivity index (χ0) is 16.4. The number of fused-ring (bicyclic) bond motifs is 1. The molecule has 1 aliphatic carbocycles. The lowest BCUT2D eigenvalue weighted by atomic mass is 9.82. The molecule has 0 bridgehead atoms. The van der Waals surface area contributed by atoms with E-state index < -0.39 is 14.6 Å². The number of nitrogens with one attached hydrogen (secondary N) is 1. The molecule has 0 spiro atoms. The Hall–Kier alpha value is -0.780. The van der Waals surface area contributed by atoms with Gasteiger partial charge in [-0.1, -0.05) is 26.7 Å². The topological polar surface area (TPSA) is 66.5 Å².